The lowest BCUT2D eigenvalue weighted by molar-refractivity contribution is 0.140. The van der Waals surface area contributed by atoms with Crippen molar-refractivity contribution in [2.45, 2.75) is 18.9 Å². The highest BCUT2D eigenvalue weighted by atomic mass is 16.5. The zero-order valence-corrected chi connectivity index (χ0v) is 18.3. The molecule has 2 amide bonds. The van der Waals surface area contributed by atoms with E-state index in [1.165, 1.54) is 0 Å². The zero-order valence-electron chi connectivity index (χ0n) is 18.3. The van der Waals surface area contributed by atoms with Crippen molar-refractivity contribution in [1.82, 2.24) is 9.47 Å². The van der Waals surface area contributed by atoms with Gasteiger partial charge in [-0.1, -0.05) is 24.3 Å². The number of anilines is 1. The first-order valence-corrected chi connectivity index (χ1v) is 11.0. The van der Waals surface area contributed by atoms with Crippen LogP contribution in [0.15, 0.2) is 65.5 Å². The predicted molar refractivity (Wildman–Crippen MR) is 125 cm³/mol. The molecule has 3 heterocycles. The summed E-state index contributed by atoms with van der Waals surface area (Å²) in [4.78, 5) is 27.7. The van der Waals surface area contributed by atoms with Crippen molar-refractivity contribution in [2.24, 2.45) is 5.92 Å². The molecule has 0 radical (unpaired) electrons. The van der Waals surface area contributed by atoms with E-state index in [0.29, 0.717) is 36.6 Å². The number of pyridine rings is 1. The molecule has 2 aliphatic heterocycles. The van der Waals surface area contributed by atoms with Gasteiger partial charge in [0.25, 0.3) is 5.56 Å². The minimum atomic E-state index is -0.172. The van der Waals surface area contributed by atoms with Gasteiger partial charge in [0.2, 0.25) is 0 Å². The van der Waals surface area contributed by atoms with Crippen molar-refractivity contribution in [3.05, 3.63) is 82.3 Å². The van der Waals surface area contributed by atoms with Gasteiger partial charge < -0.3 is 19.5 Å². The Balaban J connectivity index is 1.47. The quantitative estimate of drug-likeness (QED) is 0.666. The summed E-state index contributed by atoms with van der Waals surface area (Å²) in [7, 11) is 1.58. The number of hydrogen-bond acceptors (Lipinski definition) is 4. The number of likely N-dealkylation sites (tertiary alicyclic amines) is 1. The Labute approximate surface area is 191 Å². The van der Waals surface area contributed by atoms with Crippen molar-refractivity contribution in [2.75, 3.05) is 25.5 Å². The number of nitrogens with one attached hydrogen (secondary N) is 1. The van der Waals surface area contributed by atoms with Crippen LogP contribution in [0, 0.1) is 17.2 Å². The number of hydrogen-bond donors (Lipinski definition) is 1. The Morgan fingerprint density at radius 1 is 1.09 bits per heavy atom. The third kappa shape index (κ3) is 3.85. The van der Waals surface area contributed by atoms with Crippen LogP contribution in [0.5, 0.6) is 5.75 Å². The largest absolute Gasteiger partial charge is 0.495 e. The number of benzene rings is 2. The highest BCUT2D eigenvalue weighted by Gasteiger charge is 2.38. The number of urea groups is 1. The fourth-order valence-electron chi connectivity index (χ4n) is 5.12. The maximum atomic E-state index is 13.1. The van der Waals surface area contributed by atoms with Gasteiger partial charge in [0.05, 0.1) is 24.4 Å². The summed E-state index contributed by atoms with van der Waals surface area (Å²) >= 11 is 0. The van der Waals surface area contributed by atoms with Gasteiger partial charge in [-0.05, 0) is 48.2 Å². The van der Waals surface area contributed by atoms with Crippen LogP contribution < -0.4 is 15.6 Å². The number of piperidine rings is 1. The standard InChI is InChI=1S/C26H24N4O3/c1-33-23-8-3-2-7-22(23)28-26(32)29-14-18-12-20(16-29)25-21(9-10-24(31)30(25)15-18)19-6-4-5-17(11-19)13-27/h2-11,18,20H,12,14-16H2,1H3,(H,28,32)/t18-,20+/m0/s1. The lowest BCUT2D eigenvalue weighted by atomic mass is 9.80. The molecule has 7 heteroatoms. The molecular weight excluding hydrogens is 416 g/mol. The van der Waals surface area contributed by atoms with E-state index in [-0.39, 0.29) is 23.4 Å². The van der Waals surface area contributed by atoms with E-state index in [4.69, 9.17) is 4.74 Å². The zero-order chi connectivity index (χ0) is 22.9. The van der Waals surface area contributed by atoms with Crippen molar-refractivity contribution in [3.63, 3.8) is 0 Å². The smallest absolute Gasteiger partial charge is 0.321 e. The third-order valence-electron chi connectivity index (χ3n) is 6.53. The molecule has 5 rings (SSSR count). The lowest BCUT2D eigenvalue weighted by Gasteiger charge is -2.43. The molecule has 7 nitrogen and oxygen atoms in total. The summed E-state index contributed by atoms with van der Waals surface area (Å²) in [6.45, 7) is 1.69. The molecule has 2 aromatic carbocycles. The average Bonchev–Trinajstić information content (AvgIpc) is 2.85. The van der Waals surface area contributed by atoms with Gasteiger partial charge in [-0.25, -0.2) is 4.79 Å². The number of methoxy groups -OCH3 is 1. The predicted octanol–water partition coefficient (Wildman–Crippen LogP) is 4.05. The maximum Gasteiger partial charge on any atom is 0.321 e. The van der Waals surface area contributed by atoms with Gasteiger partial charge in [-0.15, -0.1) is 0 Å². The van der Waals surface area contributed by atoms with E-state index in [0.717, 1.165) is 23.2 Å². The molecule has 0 unspecified atom stereocenters. The molecule has 2 bridgehead atoms. The van der Waals surface area contributed by atoms with E-state index in [1.807, 2.05) is 58.0 Å². The molecule has 1 aromatic heterocycles. The number of ether oxygens (including phenoxy) is 1. The number of rotatable bonds is 3. The Morgan fingerprint density at radius 3 is 2.76 bits per heavy atom. The molecule has 166 valence electrons. The average molecular weight is 441 g/mol. The highest BCUT2D eigenvalue weighted by molar-refractivity contribution is 5.91. The lowest BCUT2D eigenvalue weighted by Crippen LogP contribution is -2.50. The summed E-state index contributed by atoms with van der Waals surface area (Å²) in [5.74, 6) is 0.855. The van der Waals surface area contributed by atoms with Crippen LogP contribution in [0.4, 0.5) is 10.5 Å². The number of carbonyl (C=O) groups is 1. The molecule has 0 spiro atoms. The first-order valence-electron chi connectivity index (χ1n) is 11.0. The van der Waals surface area contributed by atoms with Crippen LogP contribution in [0.3, 0.4) is 0 Å². The van der Waals surface area contributed by atoms with Crippen LogP contribution in [0.2, 0.25) is 0 Å². The Morgan fingerprint density at radius 2 is 1.94 bits per heavy atom. The Bertz CT molecular complexity index is 1320. The first kappa shape index (κ1) is 20.8. The molecule has 2 atom stereocenters. The van der Waals surface area contributed by atoms with Crippen LogP contribution in [0.1, 0.15) is 23.6 Å². The number of aromatic nitrogens is 1. The normalized spacial score (nSPS) is 18.7. The Hall–Kier alpha value is -4.05. The van der Waals surface area contributed by atoms with Crippen LogP contribution >= 0.6 is 0 Å². The van der Waals surface area contributed by atoms with Crippen molar-refractivity contribution < 1.29 is 9.53 Å². The van der Waals surface area contributed by atoms with Gasteiger partial charge in [0, 0.05) is 42.9 Å². The fraction of sp³-hybridized carbons (Fsp3) is 0.269. The van der Waals surface area contributed by atoms with E-state index >= 15 is 0 Å². The van der Waals surface area contributed by atoms with E-state index in [9.17, 15) is 14.9 Å². The molecule has 33 heavy (non-hydrogen) atoms. The molecule has 3 aromatic rings. The topological polar surface area (TPSA) is 87.4 Å². The fourth-order valence-corrected chi connectivity index (χ4v) is 5.12. The second kappa shape index (κ2) is 8.47. The monoisotopic (exact) mass is 440 g/mol. The van der Waals surface area contributed by atoms with Crippen LogP contribution in [0.25, 0.3) is 11.1 Å². The SMILES string of the molecule is COc1ccccc1NC(=O)N1C[C@@H]2C[C@H](C1)c1c(-c3cccc(C#N)c3)ccc(=O)n1C2. The van der Waals surface area contributed by atoms with Crippen molar-refractivity contribution in [3.8, 4) is 22.9 Å². The molecular formula is C26H24N4O3. The number of nitrogens with zero attached hydrogens (tertiary/aromatic N) is 3. The van der Waals surface area contributed by atoms with Gasteiger partial charge in [0.15, 0.2) is 0 Å². The summed E-state index contributed by atoms with van der Waals surface area (Å²) in [6.07, 6.45) is 0.923. The second-order valence-corrected chi connectivity index (χ2v) is 8.61. The summed E-state index contributed by atoms with van der Waals surface area (Å²) in [5, 5.41) is 12.3. The van der Waals surface area contributed by atoms with E-state index in [1.54, 1.807) is 19.2 Å². The number of carbonyl (C=O) groups excluding carboxylic acids is 1. The van der Waals surface area contributed by atoms with Gasteiger partial charge >= 0.3 is 6.03 Å². The number of nitriles is 1. The van der Waals surface area contributed by atoms with Gasteiger partial charge in [-0.2, -0.15) is 5.26 Å². The number of fused-ring (bicyclic) bond motifs is 4. The maximum absolute atomic E-state index is 13.1. The molecule has 2 aliphatic rings. The molecule has 1 saturated heterocycles. The molecule has 1 N–H and O–H groups in total. The summed E-state index contributed by atoms with van der Waals surface area (Å²) in [6, 6.07) is 20.2. The summed E-state index contributed by atoms with van der Waals surface area (Å²) in [5.41, 5.74) is 3.99. The number of amides is 2. The van der Waals surface area contributed by atoms with Crippen molar-refractivity contribution >= 4 is 11.7 Å². The minimum absolute atomic E-state index is 0.0215. The van der Waals surface area contributed by atoms with E-state index < -0.39 is 0 Å². The molecule has 0 saturated carbocycles. The van der Waals surface area contributed by atoms with Crippen LogP contribution in [-0.2, 0) is 6.54 Å². The number of para-hydroxylation sites is 2. The molecule has 0 aliphatic carbocycles. The molecule has 1 fully saturated rings. The van der Waals surface area contributed by atoms with E-state index in [2.05, 4.69) is 11.4 Å². The highest BCUT2D eigenvalue weighted by Crippen LogP contribution is 2.40. The first-order chi connectivity index (χ1) is 16.1. The minimum Gasteiger partial charge on any atom is -0.495 e. The Kier molecular flexibility index (Phi) is 5.35. The van der Waals surface area contributed by atoms with Crippen molar-refractivity contribution in [1.29, 1.82) is 5.26 Å². The van der Waals surface area contributed by atoms with Crippen LogP contribution in [-0.4, -0.2) is 35.7 Å². The third-order valence-corrected chi connectivity index (χ3v) is 6.53. The summed E-state index contributed by atoms with van der Waals surface area (Å²) < 4.78 is 7.22. The second-order valence-electron chi connectivity index (χ2n) is 8.61. The van der Waals surface area contributed by atoms with Gasteiger partial charge in [-0.3, -0.25) is 4.79 Å². The van der Waals surface area contributed by atoms with Gasteiger partial charge in [0.1, 0.15) is 5.75 Å².